The van der Waals surface area contributed by atoms with Crippen LogP contribution in [-0.2, 0) is 0 Å². The van der Waals surface area contributed by atoms with Crippen LogP contribution in [0, 0.1) is 15.9 Å². The van der Waals surface area contributed by atoms with Crippen molar-refractivity contribution in [1.29, 1.82) is 0 Å². The van der Waals surface area contributed by atoms with Gasteiger partial charge in [-0.05, 0) is 6.07 Å². The van der Waals surface area contributed by atoms with Crippen molar-refractivity contribution < 1.29 is 19.3 Å². The van der Waals surface area contributed by atoms with Crippen LogP contribution in [0.5, 0.6) is 11.6 Å². The Hall–Kier alpha value is -3.30. The number of nitro groups is 1. The number of nitro benzene ring substituents is 1. The van der Waals surface area contributed by atoms with Crippen molar-refractivity contribution in [2.24, 2.45) is 10.9 Å². The van der Waals surface area contributed by atoms with Gasteiger partial charge in [0.2, 0.25) is 11.7 Å². The molecule has 3 N–H and O–H groups in total. The predicted octanol–water partition coefficient (Wildman–Crippen LogP) is 1.41. The fourth-order valence-electron chi connectivity index (χ4n) is 1.43. The summed E-state index contributed by atoms with van der Waals surface area (Å²) < 4.78 is 18.7. The summed E-state index contributed by atoms with van der Waals surface area (Å²) in [6.45, 7) is 0. The number of rotatable bonds is 4. The third kappa shape index (κ3) is 3.00. The van der Waals surface area contributed by atoms with Gasteiger partial charge in [-0.1, -0.05) is 5.16 Å². The van der Waals surface area contributed by atoms with Crippen molar-refractivity contribution in [3.63, 3.8) is 0 Å². The second-order valence-electron chi connectivity index (χ2n) is 3.67. The van der Waals surface area contributed by atoms with Crippen LogP contribution in [0.25, 0.3) is 0 Å². The number of oxime groups is 1. The first-order chi connectivity index (χ1) is 10.0. The van der Waals surface area contributed by atoms with Crippen LogP contribution in [-0.4, -0.2) is 25.9 Å². The Bertz CT molecular complexity index is 722. The smallest absolute Gasteiger partial charge is 0.305 e. The number of amidine groups is 1. The number of hydrogen-bond acceptors (Lipinski definition) is 7. The summed E-state index contributed by atoms with van der Waals surface area (Å²) in [5.74, 6) is -1.60. The Morgan fingerprint density at radius 3 is 2.76 bits per heavy atom. The SMILES string of the molecule is NC(=NO)c1nccnc1Oc1ccc([N+](=O)[O-])c(F)c1. The van der Waals surface area contributed by atoms with E-state index in [0.29, 0.717) is 0 Å². The van der Waals surface area contributed by atoms with E-state index < -0.39 is 16.4 Å². The minimum atomic E-state index is -1.06. The second kappa shape index (κ2) is 5.77. The molecule has 0 spiro atoms. The van der Waals surface area contributed by atoms with Gasteiger partial charge in [-0.25, -0.2) is 9.97 Å². The maximum Gasteiger partial charge on any atom is 0.305 e. The molecule has 2 aromatic rings. The van der Waals surface area contributed by atoms with E-state index in [1.54, 1.807) is 0 Å². The lowest BCUT2D eigenvalue weighted by molar-refractivity contribution is -0.387. The zero-order valence-corrected chi connectivity index (χ0v) is 10.3. The van der Waals surface area contributed by atoms with Gasteiger partial charge in [-0.2, -0.15) is 4.39 Å². The van der Waals surface area contributed by atoms with E-state index in [1.807, 2.05) is 0 Å². The van der Waals surface area contributed by atoms with Crippen molar-refractivity contribution in [3.8, 4) is 11.6 Å². The van der Waals surface area contributed by atoms with Crippen molar-refractivity contribution in [2.45, 2.75) is 0 Å². The molecule has 0 aliphatic carbocycles. The molecule has 0 amide bonds. The maximum absolute atomic E-state index is 13.5. The molecule has 0 saturated carbocycles. The average Bonchev–Trinajstić information content (AvgIpc) is 2.46. The molecule has 0 saturated heterocycles. The minimum Gasteiger partial charge on any atom is -0.437 e. The normalized spacial score (nSPS) is 11.2. The monoisotopic (exact) mass is 293 g/mol. The molecule has 0 aliphatic rings. The van der Waals surface area contributed by atoms with Crippen LogP contribution in [0.2, 0.25) is 0 Å². The van der Waals surface area contributed by atoms with E-state index in [9.17, 15) is 14.5 Å². The first kappa shape index (κ1) is 14.1. The summed E-state index contributed by atoms with van der Waals surface area (Å²) in [5, 5.41) is 21.9. The molecule has 10 heteroatoms. The molecule has 0 atom stereocenters. The molecule has 1 heterocycles. The van der Waals surface area contributed by atoms with Gasteiger partial charge in [0.1, 0.15) is 5.75 Å². The van der Waals surface area contributed by atoms with Gasteiger partial charge >= 0.3 is 5.69 Å². The van der Waals surface area contributed by atoms with E-state index >= 15 is 0 Å². The molecule has 1 aromatic heterocycles. The van der Waals surface area contributed by atoms with Gasteiger partial charge in [-0.15, -0.1) is 0 Å². The number of benzene rings is 1. The van der Waals surface area contributed by atoms with Gasteiger partial charge in [0.25, 0.3) is 0 Å². The summed E-state index contributed by atoms with van der Waals surface area (Å²) in [4.78, 5) is 17.3. The van der Waals surface area contributed by atoms with Crippen LogP contribution < -0.4 is 10.5 Å². The van der Waals surface area contributed by atoms with Gasteiger partial charge in [0.15, 0.2) is 11.5 Å². The molecule has 108 valence electrons. The van der Waals surface area contributed by atoms with Gasteiger partial charge in [0, 0.05) is 24.5 Å². The molecule has 21 heavy (non-hydrogen) atoms. The number of aromatic nitrogens is 2. The van der Waals surface area contributed by atoms with E-state index in [4.69, 9.17) is 15.7 Å². The highest BCUT2D eigenvalue weighted by molar-refractivity contribution is 5.97. The molecule has 0 aliphatic heterocycles. The molecule has 0 radical (unpaired) electrons. The highest BCUT2D eigenvalue weighted by Gasteiger charge is 2.17. The summed E-state index contributed by atoms with van der Waals surface area (Å²) in [6, 6.07) is 2.96. The third-order valence-corrected chi connectivity index (χ3v) is 2.35. The molecule has 9 nitrogen and oxygen atoms in total. The first-order valence-electron chi connectivity index (χ1n) is 5.43. The first-order valence-corrected chi connectivity index (χ1v) is 5.43. The van der Waals surface area contributed by atoms with Crippen LogP contribution in [0.3, 0.4) is 0 Å². The summed E-state index contributed by atoms with van der Waals surface area (Å²) >= 11 is 0. The number of halogens is 1. The topological polar surface area (TPSA) is 137 Å². The fraction of sp³-hybridized carbons (Fsp3) is 0. The molecular formula is C11H8FN5O4. The Morgan fingerprint density at radius 1 is 1.43 bits per heavy atom. The quantitative estimate of drug-likeness (QED) is 0.286. The zero-order valence-electron chi connectivity index (χ0n) is 10.3. The highest BCUT2D eigenvalue weighted by atomic mass is 19.1. The lowest BCUT2D eigenvalue weighted by Crippen LogP contribution is -2.16. The van der Waals surface area contributed by atoms with Crippen molar-refractivity contribution in [1.82, 2.24) is 9.97 Å². The Labute approximate surface area is 116 Å². The van der Waals surface area contributed by atoms with E-state index in [0.717, 1.165) is 12.1 Å². The molecular weight excluding hydrogens is 285 g/mol. The lowest BCUT2D eigenvalue weighted by atomic mass is 10.3. The number of nitrogens with zero attached hydrogens (tertiary/aromatic N) is 4. The third-order valence-electron chi connectivity index (χ3n) is 2.35. The van der Waals surface area contributed by atoms with Crippen LogP contribution in [0.4, 0.5) is 10.1 Å². The summed E-state index contributed by atoms with van der Waals surface area (Å²) in [7, 11) is 0. The van der Waals surface area contributed by atoms with Gasteiger partial charge in [0.05, 0.1) is 4.92 Å². The molecule has 0 fully saturated rings. The number of nitrogens with two attached hydrogens (primary N) is 1. The van der Waals surface area contributed by atoms with Crippen molar-refractivity contribution >= 4 is 11.5 Å². The lowest BCUT2D eigenvalue weighted by Gasteiger charge is -2.07. The molecule has 0 unspecified atom stereocenters. The number of ether oxygens (including phenoxy) is 1. The Balaban J connectivity index is 2.35. The van der Waals surface area contributed by atoms with E-state index in [1.165, 1.54) is 18.5 Å². The molecule has 0 bridgehead atoms. The minimum absolute atomic E-state index is 0.0504. The summed E-state index contributed by atoms with van der Waals surface area (Å²) in [6.07, 6.45) is 2.57. The Morgan fingerprint density at radius 2 is 2.14 bits per heavy atom. The van der Waals surface area contributed by atoms with Gasteiger partial charge < -0.3 is 15.7 Å². The van der Waals surface area contributed by atoms with Crippen molar-refractivity contribution in [3.05, 3.63) is 52.2 Å². The van der Waals surface area contributed by atoms with Crippen LogP contribution >= 0.6 is 0 Å². The van der Waals surface area contributed by atoms with Crippen LogP contribution in [0.1, 0.15) is 5.69 Å². The van der Waals surface area contributed by atoms with E-state index in [2.05, 4.69) is 15.1 Å². The molecule has 2 rings (SSSR count). The largest absolute Gasteiger partial charge is 0.437 e. The number of hydrogen-bond donors (Lipinski definition) is 2. The predicted molar refractivity (Wildman–Crippen MR) is 67.7 cm³/mol. The Kier molecular flexibility index (Phi) is 3.88. The van der Waals surface area contributed by atoms with Gasteiger partial charge in [-0.3, -0.25) is 10.1 Å². The maximum atomic E-state index is 13.5. The second-order valence-corrected chi connectivity index (χ2v) is 3.67. The fourth-order valence-corrected chi connectivity index (χ4v) is 1.43. The average molecular weight is 293 g/mol. The van der Waals surface area contributed by atoms with Crippen molar-refractivity contribution in [2.75, 3.05) is 0 Å². The standard InChI is InChI=1S/C11H8FN5O4/c12-7-5-6(1-2-8(7)17(19)20)21-11-9(10(13)16-18)14-3-4-15-11/h1-5,18H,(H2,13,16). The van der Waals surface area contributed by atoms with Crippen LogP contribution in [0.15, 0.2) is 35.7 Å². The molecule has 1 aromatic carbocycles. The zero-order chi connectivity index (χ0) is 15.4. The highest BCUT2D eigenvalue weighted by Crippen LogP contribution is 2.26. The van der Waals surface area contributed by atoms with E-state index in [-0.39, 0.29) is 23.2 Å². The summed E-state index contributed by atoms with van der Waals surface area (Å²) in [5.41, 5.74) is 4.66.